The third-order valence-corrected chi connectivity index (χ3v) is 9.43. The van der Waals surface area contributed by atoms with E-state index in [2.05, 4.69) is 4.98 Å². The van der Waals surface area contributed by atoms with E-state index < -0.39 is 20.0 Å². The molecule has 1 fully saturated rings. The summed E-state index contributed by atoms with van der Waals surface area (Å²) in [7, 11) is -7.48. The Morgan fingerprint density at radius 1 is 0.903 bits per heavy atom. The van der Waals surface area contributed by atoms with Crippen molar-refractivity contribution in [2.24, 2.45) is 0 Å². The quantitative estimate of drug-likeness (QED) is 0.670. The van der Waals surface area contributed by atoms with Crippen LogP contribution in [-0.4, -0.2) is 69.1 Å². The van der Waals surface area contributed by atoms with Crippen molar-refractivity contribution in [2.45, 2.75) is 29.6 Å². The van der Waals surface area contributed by atoms with Crippen LogP contribution in [0.25, 0.3) is 0 Å². The van der Waals surface area contributed by atoms with Crippen LogP contribution in [-0.2, 0) is 31.3 Å². The number of carbonyl (C=O) groups excluding carboxylic acids is 1. The molecule has 31 heavy (non-hydrogen) atoms. The van der Waals surface area contributed by atoms with Crippen molar-refractivity contribution in [1.29, 1.82) is 0 Å². The molecule has 1 aromatic carbocycles. The van der Waals surface area contributed by atoms with Crippen LogP contribution in [0, 0.1) is 0 Å². The van der Waals surface area contributed by atoms with Crippen LogP contribution in [0.4, 0.5) is 5.69 Å². The Morgan fingerprint density at radius 2 is 1.55 bits per heavy atom. The molecular weight excluding hydrogens is 440 g/mol. The summed E-state index contributed by atoms with van der Waals surface area (Å²) in [6, 6.07) is 7.87. The standard InChI is InChI=1S/C20H24N4O5S2/c1-16(25)24-9-3-4-17-14-18(6-7-20(17)24)30(26,27)22-10-12-23(13-11-22)31(28,29)19-5-2-8-21-15-19/h2,5-8,14-15H,3-4,9-13H2,1H3. The number of anilines is 1. The van der Waals surface area contributed by atoms with Gasteiger partial charge < -0.3 is 4.90 Å². The molecule has 0 N–H and O–H groups in total. The van der Waals surface area contributed by atoms with Crippen molar-refractivity contribution < 1.29 is 21.6 Å². The Labute approximate surface area is 182 Å². The largest absolute Gasteiger partial charge is 0.312 e. The van der Waals surface area contributed by atoms with Gasteiger partial charge in [0.2, 0.25) is 26.0 Å². The Balaban J connectivity index is 1.52. The number of hydrogen-bond acceptors (Lipinski definition) is 6. The first-order valence-corrected chi connectivity index (χ1v) is 12.9. The molecule has 9 nitrogen and oxygen atoms in total. The van der Waals surface area contributed by atoms with Crippen LogP contribution in [0.5, 0.6) is 0 Å². The second kappa shape index (κ2) is 8.30. The van der Waals surface area contributed by atoms with E-state index in [1.165, 1.54) is 40.1 Å². The maximum Gasteiger partial charge on any atom is 0.244 e. The van der Waals surface area contributed by atoms with E-state index in [4.69, 9.17) is 0 Å². The molecule has 4 rings (SSSR count). The lowest BCUT2D eigenvalue weighted by Gasteiger charge is -2.33. The molecule has 2 aliphatic heterocycles. The summed E-state index contributed by atoms with van der Waals surface area (Å²) in [5, 5.41) is 0. The normalized spacial score (nSPS) is 18.5. The molecule has 166 valence electrons. The second-order valence-corrected chi connectivity index (χ2v) is 11.4. The molecule has 1 aromatic heterocycles. The Kier molecular flexibility index (Phi) is 5.86. The van der Waals surface area contributed by atoms with Gasteiger partial charge in [0, 0.05) is 57.7 Å². The van der Waals surface area contributed by atoms with Gasteiger partial charge in [-0.25, -0.2) is 16.8 Å². The van der Waals surface area contributed by atoms with Gasteiger partial charge >= 0.3 is 0 Å². The van der Waals surface area contributed by atoms with Crippen molar-refractivity contribution in [3.8, 4) is 0 Å². The summed E-state index contributed by atoms with van der Waals surface area (Å²) >= 11 is 0. The van der Waals surface area contributed by atoms with E-state index in [0.29, 0.717) is 13.0 Å². The van der Waals surface area contributed by atoms with Gasteiger partial charge in [-0.05, 0) is 48.7 Å². The molecule has 0 bridgehead atoms. The second-order valence-electron chi connectivity index (χ2n) is 7.56. The number of benzene rings is 1. The molecule has 11 heteroatoms. The summed E-state index contributed by atoms with van der Waals surface area (Å²) in [6.07, 6.45) is 4.27. The van der Waals surface area contributed by atoms with Gasteiger partial charge in [-0.2, -0.15) is 8.61 Å². The highest BCUT2D eigenvalue weighted by atomic mass is 32.2. The minimum atomic E-state index is -3.77. The number of hydrogen-bond donors (Lipinski definition) is 0. The van der Waals surface area contributed by atoms with Crippen molar-refractivity contribution in [1.82, 2.24) is 13.6 Å². The number of piperazine rings is 1. The molecular formula is C20H24N4O5S2. The highest BCUT2D eigenvalue weighted by Gasteiger charge is 2.34. The Bertz CT molecular complexity index is 1190. The van der Waals surface area contributed by atoms with Crippen LogP contribution >= 0.6 is 0 Å². The molecule has 0 unspecified atom stereocenters. The van der Waals surface area contributed by atoms with Crippen LogP contribution < -0.4 is 4.90 Å². The van der Waals surface area contributed by atoms with Gasteiger partial charge in [0.15, 0.2) is 0 Å². The summed E-state index contributed by atoms with van der Waals surface area (Å²) in [6.45, 7) is 2.40. The third-order valence-electron chi connectivity index (χ3n) is 5.66. The molecule has 2 aromatic rings. The highest BCUT2D eigenvalue weighted by molar-refractivity contribution is 7.89. The molecule has 1 amide bonds. The first-order chi connectivity index (χ1) is 14.7. The molecule has 0 radical (unpaired) electrons. The predicted molar refractivity (Wildman–Crippen MR) is 115 cm³/mol. The topological polar surface area (TPSA) is 108 Å². The van der Waals surface area contributed by atoms with Crippen molar-refractivity contribution in [3.05, 3.63) is 48.3 Å². The van der Waals surface area contributed by atoms with Crippen molar-refractivity contribution >= 4 is 31.6 Å². The van der Waals surface area contributed by atoms with Gasteiger partial charge in [0.25, 0.3) is 0 Å². The van der Waals surface area contributed by atoms with Gasteiger partial charge in [0.1, 0.15) is 4.90 Å². The number of aromatic nitrogens is 1. The van der Waals surface area contributed by atoms with E-state index in [0.717, 1.165) is 17.7 Å². The van der Waals surface area contributed by atoms with Crippen LogP contribution in [0.15, 0.2) is 52.5 Å². The van der Waals surface area contributed by atoms with Crippen molar-refractivity contribution in [2.75, 3.05) is 37.6 Å². The zero-order valence-electron chi connectivity index (χ0n) is 17.1. The van der Waals surface area contributed by atoms with E-state index in [1.54, 1.807) is 23.1 Å². The number of aryl methyl sites for hydroxylation is 1. The van der Waals surface area contributed by atoms with E-state index in [1.807, 2.05) is 0 Å². The zero-order chi connectivity index (χ0) is 22.2. The highest BCUT2D eigenvalue weighted by Crippen LogP contribution is 2.31. The third kappa shape index (κ3) is 4.10. The lowest BCUT2D eigenvalue weighted by molar-refractivity contribution is -0.116. The number of amides is 1. The Hall–Kier alpha value is -2.34. The molecule has 2 aliphatic rings. The smallest absolute Gasteiger partial charge is 0.244 e. The number of fused-ring (bicyclic) bond motifs is 1. The minimum absolute atomic E-state index is 0.0671. The fraction of sp³-hybridized carbons (Fsp3) is 0.400. The summed E-state index contributed by atoms with van der Waals surface area (Å²) in [5.74, 6) is -0.0671. The molecule has 0 saturated carbocycles. The molecule has 0 aliphatic carbocycles. The number of pyridine rings is 1. The summed E-state index contributed by atoms with van der Waals surface area (Å²) < 4.78 is 54.5. The van der Waals surface area contributed by atoms with E-state index in [9.17, 15) is 21.6 Å². The van der Waals surface area contributed by atoms with Gasteiger partial charge in [-0.1, -0.05) is 0 Å². The van der Waals surface area contributed by atoms with Crippen LogP contribution in [0.3, 0.4) is 0 Å². The minimum Gasteiger partial charge on any atom is -0.312 e. The fourth-order valence-electron chi connectivity index (χ4n) is 4.01. The number of rotatable bonds is 4. The molecule has 1 saturated heterocycles. The van der Waals surface area contributed by atoms with Crippen LogP contribution in [0.1, 0.15) is 18.9 Å². The first-order valence-electron chi connectivity index (χ1n) is 10.0. The fourth-order valence-corrected chi connectivity index (χ4v) is 6.87. The monoisotopic (exact) mass is 464 g/mol. The number of carbonyl (C=O) groups is 1. The van der Waals surface area contributed by atoms with Crippen LogP contribution in [0.2, 0.25) is 0 Å². The maximum atomic E-state index is 13.2. The number of nitrogens with zero attached hydrogens (tertiary/aromatic N) is 4. The Morgan fingerprint density at radius 3 is 2.13 bits per heavy atom. The van der Waals surface area contributed by atoms with E-state index >= 15 is 0 Å². The average Bonchev–Trinajstić information content (AvgIpc) is 2.78. The van der Waals surface area contributed by atoms with Crippen molar-refractivity contribution in [3.63, 3.8) is 0 Å². The lowest BCUT2D eigenvalue weighted by Crippen LogP contribution is -2.50. The van der Waals surface area contributed by atoms with E-state index in [-0.39, 0.29) is 41.9 Å². The van der Waals surface area contributed by atoms with Gasteiger partial charge in [0.05, 0.1) is 4.90 Å². The number of sulfonamides is 2. The SMILES string of the molecule is CC(=O)N1CCCc2cc(S(=O)(=O)N3CCN(S(=O)(=O)c4cccnc4)CC3)ccc21. The summed E-state index contributed by atoms with van der Waals surface area (Å²) in [4.78, 5) is 17.6. The molecule has 3 heterocycles. The zero-order valence-corrected chi connectivity index (χ0v) is 18.8. The average molecular weight is 465 g/mol. The predicted octanol–water partition coefficient (Wildman–Crippen LogP) is 1.08. The summed E-state index contributed by atoms with van der Waals surface area (Å²) in [5.41, 5.74) is 1.59. The lowest BCUT2D eigenvalue weighted by atomic mass is 10.0. The first kappa shape index (κ1) is 21.9. The molecule has 0 atom stereocenters. The van der Waals surface area contributed by atoms with Gasteiger partial charge in [-0.3, -0.25) is 9.78 Å². The van der Waals surface area contributed by atoms with Gasteiger partial charge in [-0.15, -0.1) is 0 Å². The molecule has 0 spiro atoms. The maximum absolute atomic E-state index is 13.2.